The SMILES string of the molecule is Cc1ccc(C=C2SC(=O)N(CCNC(=O)CCCc3ncc(-c4ccccc4)o3)C2=O)cc1. The first kappa shape index (κ1) is 23.5. The topological polar surface area (TPSA) is 92.5 Å². The van der Waals surface area contributed by atoms with Crippen LogP contribution < -0.4 is 5.32 Å². The molecule has 2 aromatic carbocycles. The summed E-state index contributed by atoms with van der Waals surface area (Å²) in [5, 5.41) is 2.45. The van der Waals surface area contributed by atoms with Crippen molar-refractivity contribution in [3.05, 3.63) is 82.7 Å². The highest BCUT2D eigenvalue weighted by atomic mass is 32.2. The maximum absolute atomic E-state index is 12.6. The summed E-state index contributed by atoms with van der Waals surface area (Å²) in [6.45, 7) is 2.34. The van der Waals surface area contributed by atoms with Crippen LogP contribution in [-0.4, -0.2) is 40.0 Å². The molecule has 0 atom stereocenters. The molecule has 1 saturated heterocycles. The largest absolute Gasteiger partial charge is 0.441 e. The predicted octanol–water partition coefficient (Wildman–Crippen LogP) is 4.83. The molecule has 3 amide bonds. The molecule has 174 valence electrons. The van der Waals surface area contributed by atoms with E-state index in [1.165, 1.54) is 4.90 Å². The number of hydrogen-bond acceptors (Lipinski definition) is 6. The highest BCUT2D eigenvalue weighted by molar-refractivity contribution is 8.18. The van der Waals surface area contributed by atoms with Gasteiger partial charge in [-0.1, -0.05) is 60.2 Å². The monoisotopic (exact) mass is 475 g/mol. The van der Waals surface area contributed by atoms with Crippen LogP contribution in [0.25, 0.3) is 17.4 Å². The van der Waals surface area contributed by atoms with Crippen LogP contribution in [0.3, 0.4) is 0 Å². The normalized spacial score (nSPS) is 14.7. The minimum absolute atomic E-state index is 0.141. The molecule has 7 nitrogen and oxygen atoms in total. The van der Waals surface area contributed by atoms with Crippen molar-refractivity contribution in [1.82, 2.24) is 15.2 Å². The standard InChI is InChI=1S/C26H25N3O4S/c1-18-10-12-19(13-11-18)16-22-25(31)29(26(32)34-22)15-14-27-23(30)8-5-9-24-28-17-21(33-24)20-6-3-2-4-7-20/h2-4,6-7,10-13,16-17H,5,8-9,14-15H2,1H3,(H,27,30). The number of oxazole rings is 1. The summed E-state index contributed by atoms with van der Waals surface area (Å²) in [4.78, 5) is 42.8. The maximum atomic E-state index is 12.6. The van der Waals surface area contributed by atoms with Crippen molar-refractivity contribution in [3.63, 3.8) is 0 Å². The molecule has 1 fully saturated rings. The van der Waals surface area contributed by atoms with Crippen LogP contribution in [0.5, 0.6) is 0 Å². The molecule has 8 heteroatoms. The summed E-state index contributed by atoms with van der Waals surface area (Å²) >= 11 is 0.920. The fraction of sp³-hybridized carbons (Fsp3) is 0.231. The van der Waals surface area contributed by atoms with Crippen molar-refractivity contribution in [2.45, 2.75) is 26.2 Å². The molecule has 0 unspecified atom stereocenters. The van der Waals surface area contributed by atoms with Gasteiger partial charge < -0.3 is 9.73 Å². The van der Waals surface area contributed by atoms with Gasteiger partial charge in [-0.15, -0.1) is 0 Å². The Morgan fingerprint density at radius 1 is 1.12 bits per heavy atom. The van der Waals surface area contributed by atoms with Crippen LogP contribution in [0.2, 0.25) is 0 Å². The number of carbonyl (C=O) groups excluding carboxylic acids is 3. The third-order valence-electron chi connectivity index (χ3n) is 5.31. The van der Waals surface area contributed by atoms with Crippen LogP contribution in [-0.2, 0) is 16.0 Å². The van der Waals surface area contributed by atoms with Gasteiger partial charge in [0.15, 0.2) is 11.7 Å². The molecule has 4 rings (SSSR count). The predicted molar refractivity (Wildman–Crippen MR) is 132 cm³/mol. The summed E-state index contributed by atoms with van der Waals surface area (Å²) in [7, 11) is 0. The van der Waals surface area contributed by atoms with E-state index in [0.717, 1.165) is 28.5 Å². The molecule has 0 saturated carbocycles. The number of carbonyl (C=O) groups is 3. The number of imide groups is 1. The Kier molecular flexibility index (Phi) is 7.59. The Morgan fingerprint density at radius 3 is 2.65 bits per heavy atom. The summed E-state index contributed by atoms with van der Waals surface area (Å²) in [6, 6.07) is 17.4. The Labute approximate surface area is 202 Å². The molecule has 1 N–H and O–H groups in total. The lowest BCUT2D eigenvalue weighted by Gasteiger charge is -2.12. The molecular weight excluding hydrogens is 450 g/mol. The quantitative estimate of drug-likeness (QED) is 0.446. The third-order valence-corrected chi connectivity index (χ3v) is 6.22. The Balaban J connectivity index is 1.19. The van der Waals surface area contributed by atoms with E-state index in [1.807, 2.05) is 61.5 Å². The molecule has 0 bridgehead atoms. The average Bonchev–Trinajstić information content (AvgIpc) is 3.41. The maximum Gasteiger partial charge on any atom is 0.293 e. The Morgan fingerprint density at radius 2 is 1.88 bits per heavy atom. The third kappa shape index (κ3) is 6.02. The van der Waals surface area contributed by atoms with E-state index < -0.39 is 0 Å². The zero-order valence-corrected chi connectivity index (χ0v) is 19.6. The van der Waals surface area contributed by atoms with Gasteiger partial charge in [0.05, 0.1) is 11.1 Å². The summed E-state index contributed by atoms with van der Waals surface area (Å²) < 4.78 is 5.75. The second kappa shape index (κ2) is 11.0. The van der Waals surface area contributed by atoms with E-state index in [1.54, 1.807) is 12.3 Å². The van der Waals surface area contributed by atoms with E-state index in [4.69, 9.17) is 4.42 Å². The first-order chi connectivity index (χ1) is 16.5. The van der Waals surface area contributed by atoms with Gasteiger partial charge in [-0.25, -0.2) is 4.98 Å². The van der Waals surface area contributed by atoms with E-state index >= 15 is 0 Å². The first-order valence-corrected chi connectivity index (χ1v) is 11.9. The lowest BCUT2D eigenvalue weighted by atomic mass is 10.1. The van der Waals surface area contributed by atoms with E-state index in [0.29, 0.717) is 35.8 Å². The number of nitrogens with one attached hydrogen (secondary N) is 1. The summed E-state index contributed by atoms with van der Waals surface area (Å²) in [6.07, 6.45) is 4.84. The van der Waals surface area contributed by atoms with Crippen LogP contribution in [0.1, 0.15) is 29.9 Å². The summed E-state index contributed by atoms with van der Waals surface area (Å²) in [5.74, 6) is 0.818. The number of hydrogen-bond donors (Lipinski definition) is 1. The van der Waals surface area contributed by atoms with Gasteiger partial charge >= 0.3 is 0 Å². The Hall–Kier alpha value is -3.65. The highest BCUT2D eigenvalue weighted by Gasteiger charge is 2.34. The van der Waals surface area contributed by atoms with Gasteiger partial charge in [0.25, 0.3) is 11.1 Å². The minimum atomic E-state index is -0.331. The fourth-order valence-electron chi connectivity index (χ4n) is 3.46. The number of aromatic nitrogens is 1. The second-order valence-electron chi connectivity index (χ2n) is 7.93. The Bertz CT molecular complexity index is 1200. The molecule has 0 radical (unpaired) electrons. The van der Waals surface area contributed by atoms with Crippen LogP contribution >= 0.6 is 11.8 Å². The average molecular weight is 476 g/mol. The molecule has 0 aliphatic carbocycles. The van der Waals surface area contributed by atoms with Crippen LogP contribution in [0.4, 0.5) is 4.79 Å². The van der Waals surface area contributed by atoms with Crippen LogP contribution in [0.15, 0.2) is 70.1 Å². The van der Waals surface area contributed by atoms with Crippen molar-refractivity contribution in [2.24, 2.45) is 0 Å². The van der Waals surface area contributed by atoms with Crippen molar-refractivity contribution >= 4 is 34.9 Å². The highest BCUT2D eigenvalue weighted by Crippen LogP contribution is 2.31. The zero-order chi connectivity index (χ0) is 23.9. The van der Waals surface area contributed by atoms with Crippen LogP contribution in [0, 0.1) is 6.92 Å². The van der Waals surface area contributed by atoms with Gasteiger partial charge in [0, 0.05) is 31.5 Å². The molecule has 3 aromatic rings. The number of nitrogens with zero attached hydrogens (tertiary/aromatic N) is 2. The fourth-order valence-corrected chi connectivity index (χ4v) is 4.33. The number of aryl methyl sites for hydroxylation is 2. The lowest BCUT2D eigenvalue weighted by molar-refractivity contribution is -0.124. The van der Waals surface area contributed by atoms with E-state index in [-0.39, 0.29) is 30.1 Å². The van der Waals surface area contributed by atoms with E-state index in [2.05, 4.69) is 10.3 Å². The van der Waals surface area contributed by atoms with Gasteiger partial charge in [0.1, 0.15) is 0 Å². The van der Waals surface area contributed by atoms with Gasteiger partial charge in [-0.2, -0.15) is 0 Å². The molecule has 1 aromatic heterocycles. The number of thioether (sulfide) groups is 1. The lowest BCUT2D eigenvalue weighted by Crippen LogP contribution is -2.37. The second-order valence-corrected chi connectivity index (χ2v) is 8.93. The molecule has 34 heavy (non-hydrogen) atoms. The van der Waals surface area contributed by atoms with Gasteiger partial charge in [0.2, 0.25) is 5.91 Å². The summed E-state index contributed by atoms with van der Waals surface area (Å²) in [5.41, 5.74) is 2.95. The number of amides is 3. The van der Waals surface area contributed by atoms with E-state index in [9.17, 15) is 14.4 Å². The molecule has 0 spiro atoms. The van der Waals surface area contributed by atoms with Crippen molar-refractivity contribution in [2.75, 3.05) is 13.1 Å². The van der Waals surface area contributed by atoms with Gasteiger partial charge in [-0.3, -0.25) is 19.3 Å². The minimum Gasteiger partial charge on any atom is -0.441 e. The molecule has 1 aliphatic heterocycles. The number of rotatable bonds is 9. The number of benzene rings is 2. The van der Waals surface area contributed by atoms with Crippen molar-refractivity contribution < 1.29 is 18.8 Å². The molecule has 1 aliphatic rings. The molecule has 2 heterocycles. The van der Waals surface area contributed by atoms with Gasteiger partial charge in [-0.05, 0) is 36.7 Å². The smallest absolute Gasteiger partial charge is 0.293 e. The zero-order valence-electron chi connectivity index (χ0n) is 18.8. The molecular formula is C26H25N3O4S. The van der Waals surface area contributed by atoms with Crippen molar-refractivity contribution in [3.8, 4) is 11.3 Å². The van der Waals surface area contributed by atoms with Crippen molar-refractivity contribution in [1.29, 1.82) is 0 Å². The first-order valence-electron chi connectivity index (χ1n) is 11.1.